The Hall–Kier alpha value is -1.98. The molecule has 5 heteroatoms. The van der Waals surface area contributed by atoms with Crippen LogP contribution in [-0.2, 0) is 13.2 Å². The summed E-state index contributed by atoms with van der Waals surface area (Å²) >= 11 is 7.16. The van der Waals surface area contributed by atoms with Gasteiger partial charge < -0.3 is 14.8 Å². The van der Waals surface area contributed by atoms with E-state index in [0.717, 1.165) is 37.3 Å². The number of hydrogen-bond donors (Lipinski definition) is 1. The molecule has 0 spiro atoms. The number of hydrogen-bond acceptors (Lipinski definition) is 3. The van der Waals surface area contributed by atoms with E-state index in [2.05, 4.69) is 62.3 Å². The van der Waals surface area contributed by atoms with E-state index >= 15 is 0 Å². The number of benzene rings is 3. The smallest absolute Gasteiger partial charge is 0.175 e. The van der Waals surface area contributed by atoms with Gasteiger partial charge in [0, 0.05) is 16.7 Å². The number of ether oxygens (including phenoxy) is 2. The maximum atomic E-state index is 6.06. The van der Waals surface area contributed by atoms with E-state index in [9.17, 15) is 0 Å². The van der Waals surface area contributed by atoms with Crippen LogP contribution in [0.25, 0.3) is 0 Å². The molecule has 3 rings (SSSR count). The normalized spacial score (nSPS) is 10.6. The van der Waals surface area contributed by atoms with Gasteiger partial charge in [0.2, 0.25) is 0 Å². The summed E-state index contributed by atoms with van der Waals surface area (Å²) in [6.45, 7) is 5.84. The van der Waals surface area contributed by atoms with Gasteiger partial charge in [-0.3, -0.25) is 0 Å². The Kier molecular flexibility index (Phi) is 7.40. The van der Waals surface area contributed by atoms with Gasteiger partial charge in [0.25, 0.3) is 0 Å². The summed E-state index contributed by atoms with van der Waals surface area (Å²) in [7, 11) is 0. The molecule has 0 aliphatic rings. The fourth-order valence-corrected chi connectivity index (χ4v) is 3.96. The van der Waals surface area contributed by atoms with Crippen LogP contribution in [0.4, 0.5) is 5.69 Å². The van der Waals surface area contributed by atoms with Crippen molar-refractivity contribution in [3.63, 3.8) is 0 Å². The van der Waals surface area contributed by atoms with Crippen molar-refractivity contribution >= 4 is 37.5 Å². The molecule has 0 saturated heterocycles. The Morgan fingerprint density at radius 1 is 0.893 bits per heavy atom. The van der Waals surface area contributed by atoms with E-state index in [1.54, 1.807) is 0 Å². The molecule has 3 nitrogen and oxygen atoms in total. The molecular weight excluding hydrogens is 482 g/mol. The SMILES string of the molecule is CCOc1cc(CNc2ccc(Br)cc2C)cc(Br)c1OCc1ccccc1. The van der Waals surface area contributed by atoms with E-state index in [1.807, 2.05) is 49.4 Å². The van der Waals surface area contributed by atoms with Crippen molar-refractivity contribution < 1.29 is 9.47 Å². The molecule has 0 saturated carbocycles. The lowest BCUT2D eigenvalue weighted by Crippen LogP contribution is -2.04. The van der Waals surface area contributed by atoms with Gasteiger partial charge in [-0.1, -0.05) is 46.3 Å². The highest BCUT2D eigenvalue weighted by Crippen LogP contribution is 2.37. The van der Waals surface area contributed by atoms with Crippen LogP contribution in [0.5, 0.6) is 11.5 Å². The van der Waals surface area contributed by atoms with Crippen LogP contribution in [0.3, 0.4) is 0 Å². The molecule has 1 N–H and O–H groups in total. The Bertz CT molecular complexity index is 929. The third kappa shape index (κ3) is 5.52. The fourth-order valence-electron chi connectivity index (χ4n) is 2.88. The maximum absolute atomic E-state index is 6.06. The molecule has 0 radical (unpaired) electrons. The van der Waals surface area contributed by atoms with E-state index in [-0.39, 0.29) is 0 Å². The summed E-state index contributed by atoms with van der Waals surface area (Å²) in [5, 5.41) is 3.49. The minimum atomic E-state index is 0.495. The Balaban J connectivity index is 1.75. The lowest BCUT2D eigenvalue weighted by atomic mass is 10.1. The van der Waals surface area contributed by atoms with Crippen LogP contribution < -0.4 is 14.8 Å². The van der Waals surface area contributed by atoms with Crippen molar-refractivity contribution in [1.29, 1.82) is 0 Å². The molecule has 146 valence electrons. The maximum Gasteiger partial charge on any atom is 0.175 e. The lowest BCUT2D eigenvalue weighted by Gasteiger charge is -2.16. The molecule has 0 fully saturated rings. The van der Waals surface area contributed by atoms with E-state index < -0.39 is 0 Å². The van der Waals surface area contributed by atoms with Gasteiger partial charge >= 0.3 is 0 Å². The average molecular weight is 505 g/mol. The van der Waals surface area contributed by atoms with Gasteiger partial charge in [0.05, 0.1) is 11.1 Å². The summed E-state index contributed by atoms with van der Waals surface area (Å²) in [4.78, 5) is 0. The number of nitrogens with one attached hydrogen (secondary N) is 1. The molecule has 0 aliphatic heterocycles. The molecule has 0 amide bonds. The van der Waals surface area contributed by atoms with E-state index in [4.69, 9.17) is 9.47 Å². The second-order valence-corrected chi connectivity index (χ2v) is 8.19. The first-order valence-electron chi connectivity index (χ1n) is 9.18. The summed E-state index contributed by atoms with van der Waals surface area (Å²) in [5.74, 6) is 1.48. The minimum Gasteiger partial charge on any atom is -0.490 e. The number of anilines is 1. The zero-order valence-corrected chi connectivity index (χ0v) is 19.1. The molecule has 0 bridgehead atoms. The molecule has 0 heterocycles. The monoisotopic (exact) mass is 503 g/mol. The fraction of sp³-hybridized carbons (Fsp3) is 0.217. The molecule has 3 aromatic rings. The van der Waals surface area contributed by atoms with Crippen molar-refractivity contribution in [1.82, 2.24) is 0 Å². The number of halogens is 2. The summed E-state index contributed by atoms with van der Waals surface area (Å²) < 4.78 is 13.9. The molecule has 28 heavy (non-hydrogen) atoms. The van der Waals surface area contributed by atoms with Crippen LogP contribution in [0, 0.1) is 6.92 Å². The number of aryl methyl sites for hydroxylation is 1. The first kappa shape index (κ1) is 20.7. The van der Waals surface area contributed by atoms with Gasteiger partial charge in [-0.25, -0.2) is 0 Å². The highest BCUT2D eigenvalue weighted by Gasteiger charge is 2.13. The Morgan fingerprint density at radius 2 is 1.68 bits per heavy atom. The predicted molar refractivity (Wildman–Crippen MR) is 122 cm³/mol. The third-order valence-corrected chi connectivity index (χ3v) is 5.35. The van der Waals surface area contributed by atoms with Crippen molar-refractivity contribution in [2.75, 3.05) is 11.9 Å². The van der Waals surface area contributed by atoms with Crippen molar-refractivity contribution in [3.8, 4) is 11.5 Å². The van der Waals surface area contributed by atoms with Crippen molar-refractivity contribution in [3.05, 3.63) is 86.3 Å². The predicted octanol–water partition coefficient (Wildman–Crippen LogP) is 7.11. The molecular formula is C23H23Br2NO2. The summed E-state index contributed by atoms with van der Waals surface area (Å²) in [5.41, 5.74) is 4.54. The first-order valence-corrected chi connectivity index (χ1v) is 10.8. The van der Waals surface area contributed by atoms with Crippen molar-refractivity contribution in [2.45, 2.75) is 27.0 Å². The molecule has 0 aliphatic carbocycles. The van der Waals surface area contributed by atoms with Gasteiger partial charge in [-0.05, 0) is 76.8 Å². The van der Waals surface area contributed by atoms with Gasteiger partial charge in [0.1, 0.15) is 6.61 Å². The van der Waals surface area contributed by atoms with E-state index in [0.29, 0.717) is 19.8 Å². The van der Waals surface area contributed by atoms with Gasteiger partial charge in [-0.15, -0.1) is 0 Å². The molecule has 0 atom stereocenters. The highest BCUT2D eigenvalue weighted by atomic mass is 79.9. The Morgan fingerprint density at radius 3 is 2.39 bits per heavy atom. The topological polar surface area (TPSA) is 30.5 Å². The summed E-state index contributed by atoms with van der Waals surface area (Å²) in [6, 6.07) is 20.4. The van der Waals surface area contributed by atoms with E-state index in [1.165, 1.54) is 5.56 Å². The van der Waals surface area contributed by atoms with Gasteiger partial charge in [0.15, 0.2) is 11.5 Å². The van der Waals surface area contributed by atoms with Crippen LogP contribution in [-0.4, -0.2) is 6.61 Å². The zero-order chi connectivity index (χ0) is 19.9. The second kappa shape index (κ2) is 9.99. The number of rotatable bonds is 8. The third-order valence-electron chi connectivity index (χ3n) is 4.27. The van der Waals surface area contributed by atoms with Gasteiger partial charge in [-0.2, -0.15) is 0 Å². The largest absolute Gasteiger partial charge is 0.490 e. The highest BCUT2D eigenvalue weighted by molar-refractivity contribution is 9.10. The standard InChI is InChI=1S/C23H23Br2NO2/c1-3-27-22-13-18(14-26-21-10-9-19(24)11-16(21)2)12-20(25)23(22)28-15-17-7-5-4-6-8-17/h4-13,26H,3,14-15H2,1-2H3. The zero-order valence-electron chi connectivity index (χ0n) is 16.0. The Labute approximate surface area is 183 Å². The second-order valence-electron chi connectivity index (χ2n) is 6.42. The molecule has 0 unspecified atom stereocenters. The van der Waals surface area contributed by atoms with Crippen LogP contribution in [0.1, 0.15) is 23.6 Å². The lowest BCUT2D eigenvalue weighted by molar-refractivity contribution is 0.267. The molecule has 0 aromatic heterocycles. The minimum absolute atomic E-state index is 0.495. The van der Waals surface area contributed by atoms with Crippen LogP contribution >= 0.6 is 31.9 Å². The summed E-state index contributed by atoms with van der Waals surface area (Å²) in [6.07, 6.45) is 0. The first-order chi connectivity index (χ1) is 13.6. The van der Waals surface area contributed by atoms with Crippen molar-refractivity contribution in [2.24, 2.45) is 0 Å². The quantitative estimate of drug-likeness (QED) is 0.354. The van der Waals surface area contributed by atoms with Crippen LogP contribution in [0.2, 0.25) is 0 Å². The molecule has 3 aromatic carbocycles. The van der Waals surface area contributed by atoms with Crippen LogP contribution in [0.15, 0.2) is 69.6 Å². The average Bonchev–Trinajstić information content (AvgIpc) is 2.68.